The molecule has 2 aliphatic rings. The topological polar surface area (TPSA) is 80.1 Å². The van der Waals surface area contributed by atoms with Gasteiger partial charge in [-0.15, -0.1) is 0 Å². The minimum atomic E-state index is -0.345. The van der Waals surface area contributed by atoms with Gasteiger partial charge in [-0.25, -0.2) is 0 Å². The van der Waals surface area contributed by atoms with Gasteiger partial charge in [-0.1, -0.05) is 0 Å². The van der Waals surface area contributed by atoms with Crippen molar-refractivity contribution in [3.8, 4) is 17.6 Å². The standard InChI is InChI=1S/C21H21N3O4S/c1-26-14-5-6-19(27-2)17(8-14)16-9-20(25)24-12-23(11-15-4-3-7-28-15)13-29-21(24)18(16)10-22/h3-8,16H,9,11-13H2,1-2H3/p+1/t16-/m1/s1. The second kappa shape index (κ2) is 8.23. The molecule has 2 aliphatic heterocycles. The number of thioether (sulfide) groups is 1. The van der Waals surface area contributed by atoms with E-state index >= 15 is 0 Å². The summed E-state index contributed by atoms with van der Waals surface area (Å²) in [5.41, 5.74) is 1.41. The molecule has 1 aromatic carbocycles. The van der Waals surface area contributed by atoms with Crippen molar-refractivity contribution in [2.75, 3.05) is 26.8 Å². The highest BCUT2D eigenvalue weighted by Gasteiger charge is 2.41. The van der Waals surface area contributed by atoms with Gasteiger partial charge in [0, 0.05) is 17.9 Å². The Hall–Kier alpha value is -2.89. The zero-order chi connectivity index (χ0) is 20.4. The van der Waals surface area contributed by atoms with Gasteiger partial charge in [-0.05, 0) is 42.1 Å². The van der Waals surface area contributed by atoms with Crippen LogP contribution in [0.25, 0.3) is 0 Å². The SMILES string of the molecule is COc1ccc(OC)c([C@H]2CC(=O)N3C[NH+](Cc4ccco4)CSC3=C2C#N)c1. The Bertz CT molecular complexity index is 980. The van der Waals surface area contributed by atoms with E-state index < -0.39 is 0 Å². The van der Waals surface area contributed by atoms with Crippen LogP contribution in [0.5, 0.6) is 11.5 Å². The number of nitrogens with zero attached hydrogens (tertiary/aromatic N) is 2. The molecule has 7 nitrogen and oxygen atoms in total. The molecule has 1 unspecified atom stereocenters. The third kappa shape index (κ3) is 3.71. The lowest BCUT2D eigenvalue weighted by atomic mass is 9.86. The lowest BCUT2D eigenvalue weighted by Gasteiger charge is -2.39. The largest absolute Gasteiger partial charge is 0.497 e. The number of hydrogen-bond donors (Lipinski definition) is 1. The third-order valence-electron chi connectivity index (χ3n) is 5.24. The Morgan fingerprint density at radius 2 is 2.21 bits per heavy atom. The predicted octanol–water partition coefficient (Wildman–Crippen LogP) is 2.09. The van der Waals surface area contributed by atoms with Crippen LogP contribution in [0.4, 0.5) is 0 Å². The number of quaternary nitrogens is 1. The molecular weight excluding hydrogens is 390 g/mol. The number of fused-ring (bicyclic) bond motifs is 1. The molecule has 1 N–H and O–H groups in total. The number of ether oxygens (including phenoxy) is 2. The maximum absolute atomic E-state index is 13.0. The highest BCUT2D eigenvalue weighted by Crippen LogP contribution is 2.44. The normalized spacial score (nSPS) is 21.6. The van der Waals surface area contributed by atoms with Gasteiger partial charge in [0.2, 0.25) is 5.91 Å². The lowest BCUT2D eigenvalue weighted by molar-refractivity contribution is -0.911. The van der Waals surface area contributed by atoms with Crippen LogP contribution in [0.2, 0.25) is 0 Å². The molecule has 0 aliphatic carbocycles. The van der Waals surface area contributed by atoms with Crippen LogP contribution in [0, 0.1) is 11.3 Å². The number of methoxy groups -OCH3 is 2. The van der Waals surface area contributed by atoms with Gasteiger partial charge in [0.05, 0.1) is 32.1 Å². The number of nitrogens with one attached hydrogen (secondary N) is 1. The van der Waals surface area contributed by atoms with E-state index in [1.54, 1.807) is 37.1 Å². The van der Waals surface area contributed by atoms with Gasteiger partial charge in [-0.3, -0.25) is 9.69 Å². The molecule has 29 heavy (non-hydrogen) atoms. The van der Waals surface area contributed by atoms with Crippen molar-refractivity contribution in [2.45, 2.75) is 18.9 Å². The zero-order valence-corrected chi connectivity index (χ0v) is 17.1. The van der Waals surface area contributed by atoms with E-state index in [9.17, 15) is 10.1 Å². The van der Waals surface area contributed by atoms with Gasteiger partial charge in [0.25, 0.3) is 0 Å². The molecule has 2 aromatic rings. The molecule has 1 amide bonds. The summed E-state index contributed by atoms with van der Waals surface area (Å²) >= 11 is 1.55. The molecule has 0 saturated carbocycles. The first-order chi connectivity index (χ1) is 14.1. The third-order valence-corrected chi connectivity index (χ3v) is 6.50. The summed E-state index contributed by atoms with van der Waals surface area (Å²) in [6.07, 6.45) is 1.88. The Labute approximate surface area is 173 Å². The maximum atomic E-state index is 13.0. The van der Waals surface area contributed by atoms with Crippen LogP contribution >= 0.6 is 11.8 Å². The summed E-state index contributed by atoms with van der Waals surface area (Å²) in [7, 11) is 3.18. The molecular formula is C21H22N3O4S+. The van der Waals surface area contributed by atoms with Gasteiger partial charge in [0.15, 0.2) is 12.4 Å². The summed E-state index contributed by atoms with van der Waals surface area (Å²) in [5.74, 6) is 2.63. The van der Waals surface area contributed by atoms with Crippen molar-refractivity contribution in [3.05, 3.63) is 58.5 Å². The molecule has 1 aromatic heterocycles. The summed E-state index contributed by atoms with van der Waals surface area (Å²) in [6.45, 7) is 1.22. The van der Waals surface area contributed by atoms with Crippen molar-refractivity contribution >= 4 is 17.7 Å². The van der Waals surface area contributed by atoms with Gasteiger partial charge in [-0.2, -0.15) is 5.26 Å². The van der Waals surface area contributed by atoms with Crippen molar-refractivity contribution in [1.82, 2.24) is 4.90 Å². The second-order valence-corrected chi connectivity index (χ2v) is 7.93. The lowest BCUT2D eigenvalue weighted by Crippen LogP contribution is -3.12. The van der Waals surface area contributed by atoms with E-state index in [4.69, 9.17) is 13.9 Å². The molecule has 0 spiro atoms. The fourth-order valence-corrected chi connectivity index (χ4v) is 5.02. The average molecular weight is 412 g/mol. The number of amides is 1. The number of nitriles is 1. The maximum Gasteiger partial charge on any atom is 0.232 e. The second-order valence-electron chi connectivity index (χ2n) is 6.97. The van der Waals surface area contributed by atoms with E-state index in [2.05, 4.69) is 6.07 Å². The van der Waals surface area contributed by atoms with Crippen LogP contribution in [0.1, 0.15) is 23.7 Å². The Morgan fingerprint density at radius 3 is 2.90 bits per heavy atom. The summed E-state index contributed by atoms with van der Waals surface area (Å²) < 4.78 is 16.3. The fourth-order valence-electron chi connectivity index (χ4n) is 3.82. The van der Waals surface area contributed by atoms with Crippen LogP contribution in [-0.4, -0.2) is 37.6 Å². The van der Waals surface area contributed by atoms with Crippen molar-refractivity contribution in [3.63, 3.8) is 0 Å². The van der Waals surface area contributed by atoms with E-state index in [0.717, 1.165) is 22.2 Å². The minimum absolute atomic E-state index is 0.0121. The van der Waals surface area contributed by atoms with Crippen LogP contribution < -0.4 is 14.4 Å². The van der Waals surface area contributed by atoms with Crippen molar-refractivity contribution < 1.29 is 23.6 Å². The van der Waals surface area contributed by atoms with E-state index in [1.807, 2.05) is 30.3 Å². The van der Waals surface area contributed by atoms with Gasteiger partial charge < -0.3 is 18.8 Å². The number of carbonyl (C=O) groups excluding carboxylic acids is 1. The van der Waals surface area contributed by atoms with Crippen molar-refractivity contribution in [1.29, 1.82) is 5.26 Å². The first-order valence-corrected chi connectivity index (χ1v) is 10.3. The minimum Gasteiger partial charge on any atom is -0.497 e. The molecule has 3 heterocycles. The zero-order valence-electron chi connectivity index (χ0n) is 16.3. The molecule has 1 saturated heterocycles. The molecule has 2 atom stereocenters. The monoisotopic (exact) mass is 412 g/mol. The molecule has 0 bridgehead atoms. The van der Waals surface area contributed by atoms with E-state index in [0.29, 0.717) is 30.3 Å². The first-order valence-electron chi connectivity index (χ1n) is 9.30. The summed E-state index contributed by atoms with van der Waals surface area (Å²) in [5, 5.41) is 10.7. The molecule has 150 valence electrons. The molecule has 1 fully saturated rings. The van der Waals surface area contributed by atoms with Crippen molar-refractivity contribution in [2.24, 2.45) is 0 Å². The highest BCUT2D eigenvalue weighted by atomic mass is 32.2. The molecule has 8 heteroatoms. The van der Waals surface area contributed by atoms with Gasteiger partial charge >= 0.3 is 0 Å². The number of hydrogen-bond acceptors (Lipinski definition) is 6. The van der Waals surface area contributed by atoms with Crippen LogP contribution in [0.15, 0.2) is 51.6 Å². The number of rotatable bonds is 5. The first kappa shape index (κ1) is 19.4. The van der Waals surface area contributed by atoms with E-state index in [-0.39, 0.29) is 18.2 Å². The Kier molecular flexibility index (Phi) is 5.51. The Balaban J connectivity index is 1.66. The highest BCUT2D eigenvalue weighted by molar-refractivity contribution is 8.02. The van der Waals surface area contributed by atoms with Crippen LogP contribution in [0.3, 0.4) is 0 Å². The van der Waals surface area contributed by atoms with Crippen LogP contribution in [-0.2, 0) is 11.3 Å². The molecule has 0 radical (unpaired) electrons. The number of allylic oxidation sites excluding steroid dienone is 1. The summed E-state index contributed by atoms with van der Waals surface area (Å²) in [4.78, 5) is 16.0. The summed E-state index contributed by atoms with van der Waals surface area (Å²) in [6, 6.07) is 11.6. The predicted molar refractivity (Wildman–Crippen MR) is 107 cm³/mol. The quantitative estimate of drug-likeness (QED) is 0.810. The number of benzene rings is 1. The smallest absolute Gasteiger partial charge is 0.232 e. The number of furan rings is 1. The molecule has 4 rings (SSSR count). The average Bonchev–Trinajstić information content (AvgIpc) is 3.26. The van der Waals surface area contributed by atoms with Gasteiger partial charge in [0.1, 0.15) is 28.9 Å². The number of carbonyl (C=O) groups is 1. The fraction of sp³-hybridized carbons (Fsp3) is 0.333. The Morgan fingerprint density at radius 1 is 1.34 bits per heavy atom. The van der Waals surface area contributed by atoms with E-state index in [1.165, 1.54) is 4.90 Å².